The topological polar surface area (TPSA) is 26.3 Å². The van der Waals surface area contributed by atoms with Crippen LogP contribution in [0.4, 0.5) is 0 Å². The number of methoxy groups -OCH3 is 1. The number of ether oxygens (including phenoxy) is 1. The van der Waals surface area contributed by atoms with Crippen molar-refractivity contribution < 1.29 is 9.53 Å². The Balaban J connectivity index is 2.84. The maximum absolute atomic E-state index is 10.3. The first kappa shape index (κ1) is 10.9. The molecule has 0 fully saturated rings. The van der Waals surface area contributed by atoms with Crippen LogP contribution in [0, 0.1) is 0 Å². The van der Waals surface area contributed by atoms with Crippen molar-refractivity contribution in [2.45, 2.75) is 25.9 Å². The Bertz CT molecular complexity index is 294. The zero-order valence-electron chi connectivity index (χ0n) is 8.69. The highest BCUT2D eigenvalue weighted by molar-refractivity contribution is 5.50. The Morgan fingerprint density at radius 1 is 1.43 bits per heavy atom. The van der Waals surface area contributed by atoms with Gasteiger partial charge < -0.3 is 9.53 Å². The van der Waals surface area contributed by atoms with Gasteiger partial charge in [0.2, 0.25) is 0 Å². The molecule has 0 aliphatic carbocycles. The fourth-order valence-electron chi connectivity index (χ4n) is 1.50. The summed E-state index contributed by atoms with van der Waals surface area (Å²) in [7, 11) is 1.70. The van der Waals surface area contributed by atoms with Crippen molar-refractivity contribution in [1.82, 2.24) is 0 Å². The molecular formula is C12H16O2. The molecule has 76 valence electrons. The van der Waals surface area contributed by atoms with Crippen LogP contribution in [0.25, 0.3) is 0 Å². The maximum atomic E-state index is 10.3. The van der Waals surface area contributed by atoms with Crippen LogP contribution in [-0.2, 0) is 16.0 Å². The molecule has 0 saturated carbocycles. The van der Waals surface area contributed by atoms with Crippen LogP contribution in [0.15, 0.2) is 24.3 Å². The second-order valence-corrected chi connectivity index (χ2v) is 3.28. The van der Waals surface area contributed by atoms with Crippen molar-refractivity contribution in [1.29, 1.82) is 0 Å². The van der Waals surface area contributed by atoms with Crippen molar-refractivity contribution >= 4 is 6.29 Å². The van der Waals surface area contributed by atoms with Gasteiger partial charge in [-0.25, -0.2) is 0 Å². The zero-order chi connectivity index (χ0) is 10.4. The largest absolute Gasteiger partial charge is 0.377 e. The van der Waals surface area contributed by atoms with E-state index in [-0.39, 0.29) is 6.10 Å². The number of aldehydes is 1. The van der Waals surface area contributed by atoms with E-state index in [1.165, 1.54) is 11.1 Å². The number of carbonyl (C=O) groups is 1. The Morgan fingerprint density at radius 3 is 2.79 bits per heavy atom. The lowest BCUT2D eigenvalue weighted by Crippen LogP contribution is -2.01. The molecule has 1 atom stereocenters. The zero-order valence-corrected chi connectivity index (χ0v) is 8.69. The third kappa shape index (κ3) is 2.67. The first-order chi connectivity index (χ1) is 6.79. The second kappa shape index (κ2) is 5.55. The number of aryl methyl sites for hydroxylation is 1. The fraction of sp³-hybridized carbons (Fsp3) is 0.417. The van der Waals surface area contributed by atoms with Crippen LogP contribution in [0.2, 0.25) is 0 Å². The molecule has 1 aromatic rings. The van der Waals surface area contributed by atoms with Gasteiger partial charge in [0.25, 0.3) is 0 Å². The predicted molar refractivity (Wildman–Crippen MR) is 56.3 cm³/mol. The Morgan fingerprint density at radius 2 is 2.14 bits per heavy atom. The average molecular weight is 192 g/mol. The molecule has 2 heteroatoms. The predicted octanol–water partition coefficient (Wildman–Crippen LogP) is 2.53. The minimum atomic E-state index is 0.0952. The highest BCUT2D eigenvalue weighted by atomic mass is 16.5. The minimum absolute atomic E-state index is 0.0952. The first-order valence-corrected chi connectivity index (χ1v) is 4.83. The van der Waals surface area contributed by atoms with Crippen LogP contribution in [0.5, 0.6) is 0 Å². The van der Waals surface area contributed by atoms with Gasteiger partial charge in [0.1, 0.15) is 6.29 Å². The molecule has 0 N–H and O–H groups in total. The summed E-state index contributed by atoms with van der Waals surface area (Å²) in [5.74, 6) is 0. The molecule has 14 heavy (non-hydrogen) atoms. The van der Waals surface area contributed by atoms with Gasteiger partial charge in [0, 0.05) is 13.5 Å². The number of hydrogen-bond acceptors (Lipinski definition) is 2. The minimum Gasteiger partial charge on any atom is -0.377 e. The van der Waals surface area contributed by atoms with Crippen LogP contribution in [0.1, 0.15) is 30.6 Å². The van der Waals surface area contributed by atoms with Crippen LogP contribution < -0.4 is 0 Å². The van der Waals surface area contributed by atoms with Crippen molar-refractivity contribution in [3.63, 3.8) is 0 Å². The first-order valence-electron chi connectivity index (χ1n) is 4.83. The van der Waals surface area contributed by atoms with Gasteiger partial charge >= 0.3 is 0 Å². The summed E-state index contributed by atoms with van der Waals surface area (Å²) in [5.41, 5.74) is 2.38. The molecular weight excluding hydrogens is 176 g/mol. The summed E-state index contributed by atoms with van der Waals surface area (Å²) in [5, 5.41) is 0. The van der Waals surface area contributed by atoms with Gasteiger partial charge in [-0.2, -0.15) is 0 Å². The Kier molecular flexibility index (Phi) is 4.33. The van der Waals surface area contributed by atoms with Crippen LogP contribution >= 0.6 is 0 Å². The average Bonchev–Trinajstić information content (AvgIpc) is 2.25. The van der Waals surface area contributed by atoms with Gasteiger partial charge in [-0.05, 0) is 24.5 Å². The van der Waals surface area contributed by atoms with E-state index in [4.69, 9.17) is 4.74 Å². The second-order valence-electron chi connectivity index (χ2n) is 3.28. The molecule has 0 bridgehead atoms. The Labute approximate surface area is 84.9 Å². The molecule has 0 heterocycles. The number of benzene rings is 1. The van der Waals surface area contributed by atoms with E-state index in [0.29, 0.717) is 6.42 Å². The van der Waals surface area contributed by atoms with Gasteiger partial charge in [0.05, 0.1) is 6.10 Å². The van der Waals surface area contributed by atoms with E-state index in [2.05, 4.69) is 0 Å². The van der Waals surface area contributed by atoms with Gasteiger partial charge in [0.15, 0.2) is 0 Å². The molecule has 0 aliphatic heterocycles. The normalized spacial score (nSPS) is 12.4. The standard InChI is InChI=1S/C12H16O2/c1-10(14-2)12-8-4-3-6-11(12)7-5-9-13/h3-4,6,8-10H,5,7H2,1-2H3. The van der Waals surface area contributed by atoms with E-state index in [9.17, 15) is 4.79 Å². The van der Waals surface area contributed by atoms with E-state index in [0.717, 1.165) is 12.7 Å². The highest BCUT2D eigenvalue weighted by Crippen LogP contribution is 2.20. The van der Waals surface area contributed by atoms with Crippen LogP contribution in [0.3, 0.4) is 0 Å². The molecule has 2 nitrogen and oxygen atoms in total. The summed E-state index contributed by atoms with van der Waals surface area (Å²) >= 11 is 0. The van der Waals surface area contributed by atoms with Crippen LogP contribution in [-0.4, -0.2) is 13.4 Å². The molecule has 0 spiro atoms. The molecule has 0 saturated heterocycles. The van der Waals surface area contributed by atoms with Gasteiger partial charge in [-0.1, -0.05) is 24.3 Å². The lowest BCUT2D eigenvalue weighted by Gasteiger charge is -2.14. The molecule has 0 radical (unpaired) electrons. The summed E-state index contributed by atoms with van der Waals surface area (Å²) in [6.45, 7) is 2.01. The molecule has 1 rings (SSSR count). The third-order valence-electron chi connectivity index (χ3n) is 2.38. The smallest absolute Gasteiger partial charge is 0.120 e. The quantitative estimate of drug-likeness (QED) is 0.670. The SMILES string of the molecule is COC(C)c1ccccc1CCC=O. The van der Waals surface area contributed by atoms with Crippen molar-refractivity contribution in [3.05, 3.63) is 35.4 Å². The third-order valence-corrected chi connectivity index (χ3v) is 2.38. The summed E-state index contributed by atoms with van der Waals surface area (Å²) in [6.07, 6.45) is 2.42. The highest BCUT2D eigenvalue weighted by Gasteiger charge is 2.08. The lowest BCUT2D eigenvalue weighted by atomic mass is 10.00. The van der Waals surface area contributed by atoms with Gasteiger partial charge in [-0.3, -0.25) is 0 Å². The van der Waals surface area contributed by atoms with E-state index >= 15 is 0 Å². The Hall–Kier alpha value is -1.15. The van der Waals surface area contributed by atoms with E-state index in [1.54, 1.807) is 7.11 Å². The molecule has 0 aliphatic rings. The molecule has 0 aromatic heterocycles. The number of carbonyl (C=O) groups excluding carboxylic acids is 1. The number of hydrogen-bond donors (Lipinski definition) is 0. The van der Waals surface area contributed by atoms with E-state index < -0.39 is 0 Å². The number of rotatable bonds is 5. The molecule has 1 aromatic carbocycles. The van der Waals surface area contributed by atoms with E-state index in [1.807, 2.05) is 31.2 Å². The molecule has 0 amide bonds. The van der Waals surface area contributed by atoms with Gasteiger partial charge in [-0.15, -0.1) is 0 Å². The maximum Gasteiger partial charge on any atom is 0.120 e. The fourth-order valence-corrected chi connectivity index (χ4v) is 1.50. The summed E-state index contributed by atoms with van der Waals surface area (Å²) in [4.78, 5) is 10.3. The lowest BCUT2D eigenvalue weighted by molar-refractivity contribution is -0.107. The van der Waals surface area contributed by atoms with Crippen molar-refractivity contribution in [2.75, 3.05) is 7.11 Å². The van der Waals surface area contributed by atoms with Crippen molar-refractivity contribution in [2.24, 2.45) is 0 Å². The summed E-state index contributed by atoms with van der Waals surface area (Å²) < 4.78 is 5.27. The van der Waals surface area contributed by atoms with Crippen molar-refractivity contribution in [3.8, 4) is 0 Å². The molecule has 1 unspecified atom stereocenters. The summed E-state index contributed by atoms with van der Waals surface area (Å²) in [6, 6.07) is 8.09. The monoisotopic (exact) mass is 192 g/mol.